The van der Waals surface area contributed by atoms with Gasteiger partial charge in [-0.25, -0.2) is 4.39 Å². The van der Waals surface area contributed by atoms with Crippen LogP contribution in [-0.2, 0) is 4.74 Å². The lowest BCUT2D eigenvalue weighted by Crippen LogP contribution is -2.33. The summed E-state index contributed by atoms with van der Waals surface area (Å²) in [5, 5.41) is 12.4. The molecule has 82 valence electrons. The Hall–Kier alpha value is -0.840. The van der Waals surface area contributed by atoms with Gasteiger partial charge < -0.3 is 15.2 Å². The van der Waals surface area contributed by atoms with Gasteiger partial charge in [-0.3, -0.25) is 0 Å². The molecule has 2 rings (SSSR count). The Kier molecular flexibility index (Phi) is 3.09. The zero-order valence-electron chi connectivity index (χ0n) is 7.96. The fourth-order valence-corrected chi connectivity index (χ4v) is 1.74. The van der Waals surface area contributed by atoms with Crippen molar-refractivity contribution in [3.05, 3.63) is 28.5 Å². The summed E-state index contributed by atoms with van der Waals surface area (Å²) in [7, 11) is 0. The van der Waals surface area contributed by atoms with Crippen molar-refractivity contribution in [3.8, 4) is 5.75 Å². The summed E-state index contributed by atoms with van der Waals surface area (Å²) in [6.45, 7) is 1.87. The standard InChI is InChI=1S/C10H11ClFNO2/c11-7-3-6(8(12)4-9(7)14)10-5-13-1-2-15-10/h3-4,10,13-14H,1-2,5H2. The van der Waals surface area contributed by atoms with Gasteiger partial charge in [-0.1, -0.05) is 11.6 Å². The largest absolute Gasteiger partial charge is 0.506 e. The Morgan fingerprint density at radius 3 is 3.00 bits per heavy atom. The van der Waals surface area contributed by atoms with Gasteiger partial charge in [0.05, 0.1) is 17.7 Å². The van der Waals surface area contributed by atoms with E-state index in [0.717, 1.165) is 12.6 Å². The first-order valence-electron chi connectivity index (χ1n) is 4.68. The highest BCUT2D eigenvalue weighted by Gasteiger charge is 2.20. The first kappa shape index (κ1) is 10.7. The second kappa shape index (κ2) is 4.35. The number of aromatic hydroxyl groups is 1. The number of nitrogens with one attached hydrogen (secondary N) is 1. The fourth-order valence-electron chi connectivity index (χ4n) is 1.56. The van der Waals surface area contributed by atoms with Crippen molar-refractivity contribution in [1.29, 1.82) is 0 Å². The zero-order chi connectivity index (χ0) is 10.8. The lowest BCUT2D eigenvalue weighted by molar-refractivity contribution is 0.0255. The van der Waals surface area contributed by atoms with Gasteiger partial charge in [-0.05, 0) is 6.07 Å². The van der Waals surface area contributed by atoms with Gasteiger partial charge in [0.25, 0.3) is 0 Å². The molecule has 0 radical (unpaired) electrons. The van der Waals surface area contributed by atoms with Gasteiger partial charge in [-0.15, -0.1) is 0 Å². The van der Waals surface area contributed by atoms with Crippen LogP contribution >= 0.6 is 11.6 Å². The van der Waals surface area contributed by atoms with Gasteiger partial charge in [0, 0.05) is 24.7 Å². The van der Waals surface area contributed by atoms with Crippen LogP contribution in [0.4, 0.5) is 4.39 Å². The molecule has 0 aromatic heterocycles. The average molecular weight is 232 g/mol. The monoisotopic (exact) mass is 231 g/mol. The van der Waals surface area contributed by atoms with E-state index in [1.165, 1.54) is 6.07 Å². The van der Waals surface area contributed by atoms with E-state index in [-0.39, 0.29) is 16.9 Å². The minimum Gasteiger partial charge on any atom is -0.506 e. The molecule has 2 N–H and O–H groups in total. The first-order valence-corrected chi connectivity index (χ1v) is 5.06. The normalized spacial score (nSPS) is 21.6. The minimum absolute atomic E-state index is 0.139. The highest BCUT2D eigenvalue weighted by Crippen LogP contribution is 2.31. The average Bonchev–Trinajstić information content (AvgIpc) is 2.25. The summed E-state index contributed by atoms with van der Waals surface area (Å²) in [6.07, 6.45) is -0.336. The van der Waals surface area contributed by atoms with Crippen LogP contribution in [0.3, 0.4) is 0 Å². The second-order valence-electron chi connectivity index (χ2n) is 3.39. The summed E-state index contributed by atoms with van der Waals surface area (Å²) in [5.74, 6) is -0.743. The number of benzene rings is 1. The topological polar surface area (TPSA) is 41.5 Å². The Bertz CT molecular complexity index is 367. The van der Waals surface area contributed by atoms with E-state index >= 15 is 0 Å². The van der Waals surface area contributed by atoms with Crippen molar-refractivity contribution in [2.75, 3.05) is 19.7 Å². The van der Waals surface area contributed by atoms with Gasteiger partial charge >= 0.3 is 0 Å². The van der Waals surface area contributed by atoms with Crippen LogP contribution in [0.25, 0.3) is 0 Å². The zero-order valence-corrected chi connectivity index (χ0v) is 8.72. The number of rotatable bonds is 1. The molecule has 0 spiro atoms. The third-order valence-corrected chi connectivity index (χ3v) is 2.64. The number of hydrogen-bond donors (Lipinski definition) is 2. The molecule has 15 heavy (non-hydrogen) atoms. The lowest BCUT2D eigenvalue weighted by Gasteiger charge is -2.24. The quantitative estimate of drug-likeness (QED) is 0.775. The Morgan fingerprint density at radius 2 is 2.33 bits per heavy atom. The number of phenolic OH excluding ortho intramolecular Hbond substituents is 1. The molecule has 1 saturated heterocycles. The van der Waals surface area contributed by atoms with E-state index in [2.05, 4.69) is 5.32 Å². The summed E-state index contributed by atoms with van der Waals surface area (Å²) in [5.41, 5.74) is 0.380. The van der Waals surface area contributed by atoms with Gasteiger partial charge in [0.15, 0.2) is 0 Å². The maximum absolute atomic E-state index is 13.5. The van der Waals surface area contributed by atoms with Crippen LogP contribution in [-0.4, -0.2) is 24.8 Å². The first-order chi connectivity index (χ1) is 7.18. The second-order valence-corrected chi connectivity index (χ2v) is 3.80. The minimum atomic E-state index is -0.495. The lowest BCUT2D eigenvalue weighted by atomic mass is 10.1. The summed E-state index contributed by atoms with van der Waals surface area (Å²) in [4.78, 5) is 0. The van der Waals surface area contributed by atoms with Gasteiger partial charge in [-0.2, -0.15) is 0 Å². The highest BCUT2D eigenvalue weighted by atomic mass is 35.5. The molecule has 1 atom stereocenters. The van der Waals surface area contributed by atoms with E-state index in [0.29, 0.717) is 18.7 Å². The number of halogens is 2. The molecular formula is C10H11ClFNO2. The molecule has 1 unspecified atom stereocenters. The smallest absolute Gasteiger partial charge is 0.137 e. The van der Waals surface area contributed by atoms with E-state index in [9.17, 15) is 9.50 Å². The third-order valence-electron chi connectivity index (χ3n) is 2.34. The van der Waals surface area contributed by atoms with Crippen molar-refractivity contribution < 1.29 is 14.2 Å². The molecule has 3 nitrogen and oxygen atoms in total. The molecule has 1 aromatic rings. The van der Waals surface area contributed by atoms with Crippen LogP contribution in [0.1, 0.15) is 11.7 Å². The molecule has 5 heteroatoms. The highest BCUT2D eigenvalue weighted by molar-refractivity contribution is 6.32. The number of phenols is 1. The SMILES string of the molecule is Oc1cc(F)c(C2CNCCO2)cc1Cl. The number of morpholine rings is 1. The van der Waals surface area contributed by atoms with E-state index in [1.807, 2.05) is 0 Å². The van der Waals surface area contributed by atoms with Crippen LogP contribution < -0.4 is 5.32 Å². The Labute approximate surface area is 91.8 Å². The van der Waals surface area contributed by atoms with Crippen molar-refractivity contribution in [1.82, 2.24) is 5.32 Å². The third kappa shape index (κ3) is 2.22. The van der Waals surface area contributed by atoms with Crippen LogP contribution in [0, 0.1) is 5.82 Å². The van der Waals surface area contributed by atoms with Crippen molar-refractivity contribution in [2.45, 2.75) is 6.10 Å². The predicted molar refractivity (Wildman–Crippen MR) is 54.6 cm³/mol. The molecule has 1 aliphatic heterocycles. The van der Waals surface area contributed by atoms with Gasteiger partial charge in [0.2, 0.25) is 0 Å². The predicted octanol–water partition coefficient (Wildman–Crippen LogP) is 1.85. The molecule has 0 saturated carbocycles. The molecule has 1 aliphatic rings. The van der Waals surface area contributed by atoms with Crippen molar-refractivity contribution in [2.24, 2.45) is 0 Å². The summed E-state index contributed by atoms with van der Waals surface area (Å²) in [6, 6.07) is 2.42. The molecule has 1 aromatic carbocycles. The maximum Gasteiger partial charge on any atom is 0.137 e. The fraction of sp³-hybridized carbons (Fsp3) is 0.400. The summed E-state index contributed by atoms with van der Waals surface area (Å²) < 4.78 is 18.9. The van der Waals surface area contributed by atoms with Crippen LogP contribution in [0.5, 0.6) is 5.75 Å². The van der Waals surface area contributed by atoms with Gasteiger partial charge in [0.1, 0.15) is 11.6 Å². The van der Waals surface area contributed by atoms with E-state index in [1.54, 1.807) is 0 Å². The van der Waals surface area contributed by atoms with Crippen LogP contribution in [0.15, 0.2) is 12.1 Å². The molecular weight excluding hydrogens is 221 g/mol. The number of hydrogen-bond acceptors (Lipinski definition) is 3. The Morgan fingerprint density at radius 1 is 1.53 bits per heavy atom. The maximum atomic E-state index is 13.5. The van der Waals surface area contributed by atoms with Crippen LogP contribution in [0.2, 0.25) is 5.02 Å². The molecule has 1 fully saturated rings. The molecule has 0 bridgehead atoms. The van der Waals surface area contributed by atoms with E-state index < -0.39 is 5.82 Å². The molecule has 0 aliphatic carbocycles. The summed E-state index contributed by atoms with van der Waals surface area (Å²) >= 11 is 5.71. The van der Waals surface area contributed by atoms with Crippen molar-refractivity contribution in [3.63, 3.8) is 0 Å². The van der Waals surface area contributed by atoms with E-state index in [4.69, 9.17) is 16.3 Å². The molecule has 1 heterocycles. The molecule has 0 amide bonds. The van der Waals surface area contributed by atoms with Crippen molar-refractivity contribution >= 4 is 11.6 Å². The number of ether oxygens (including phenoxy) is 1. The Balaban J connectivity index is 2.30.